The van der Waals surface area contributed by atoms with E-state index in [2.05, 4.69) is 4.98 Å². The molecule has 2 N–H and O–H groups in total. The summed E-state index contributed by atoms with van der Waals surface area (Å²) in [5, 5.41) is 2.60. The van der Waals surface area contributed by atoms with Crippen molar-refractivity contribution in [3.05, 3.63) is 34.8 Å². The minimum absolute atomic E-state index is 0.658. The minimum Gasteiger partial charge on any atom is -0.398 e. The fraction of sp³-hybridized carbons (Fsp3) is 0. The average Bonchev–Trinajstić information content (AvgIpc) is 2.62. The zero-order valence-corrected chi connectivity index (χ0v) is 9.49. The smallest absolute Gasteiger partial charge is 0.154 e. The van der Waals surface area contributed by atoms with Gasteiger partial charge in [-0.2, -0.15) is 0 Å². The van der Waals surface area contributed by atoms with Crippen LogP contribution < -0.4 is 5.73 Å². The largest absolute Gasteiger partial charge is 0.398 e. The molecule has 1 aromatic heterocycles. The molecule has 0 aliphatic rings. The van der Waals surface area contributed by atoms with Gasteiger partial charge in [-0.3, -0.25) is 0 Å². The highest BCUT2D eigenvalue weighted by Gasteiger charge is 2.03. The number of aromatic nitrogens is 1. The van der Waals surface area contributed by atoms with Gasteiger partial charge in [-0.25, -0.2) is 4.98 Å². The molecule has 0 atom stereocenters. The van der Waals surface area contributed by atoms with Crippen molar-refractivity contribution in [1.82, 2.24) is 4.98 Å². The lowest BCUT2D eigenvalue weighted by atomic mass is 10.3. The van der Waals surface area contributed by atoms with Gasteiger partial charge in [-0.05, 0) is 18.2 Å². The molecule has 0 bridgehead atoms. The van der Waals surface area contributed by atoms with Gasteiger partial charge >= 0.3 is 0 Å². The molecule has 1 heterocycles. The van der Waals surface area contributed by atoms with Gasteiger partial charge in [-0.1, -0.05) is 23.4 Å². The van der Waals surface area contributed by atoms with E-state index in [-0.39, 0.29) is 0 Å². The van der Waals surface area contributed by atoms with Crippen LogP contribution in [0.1, 0.15) is 0 Å². The van der Waals surface area contributed by atoms with E-state index in [0.717, 1.165) is 9.24 Å². The van der Waals surface area contributed by atoms with E-state index in [4.69, 9.17) is 17.3 Å². The number of benzene rings is 1. The number of nitrogens with zero attached hydrogens (tertiary/aromatic N) is 1. The lowest BCUT2D eigenvalue weighted by Crippen LogP contribution is -1.87. The van der Waals surface area contributed by atoms with Crippen LogP contribution in [-0.4, -0.2) is 4.98 Å². The van der Waals surface area contributed by atoms with Gasteiger partial charge < -0.3 is 5.73 Å². The van der Waals surface area contributed by atoms with Crippen molar-refractivity contribution in [2.75, 3.05) is 5.73 Å². The third-order valence-corrected chi connectivity index (χ3v) is 3.79. The zero-order valence-electron chi connectivity index (χ0n) is 7.11. The molecule has 0 spiro atoms. The van der Waals surface area contributed by atoms with Crippen LogP contribution in [0.2, 0.25) is 5.02 Å². The minimum atomic E-state index is 0.658. The molecule has 2 rings (SSSR count). The number of anilines is 1. The van der Waals surface area contributed by atoms with E-state index in [9.17, 15) is 0 Å². The molecule has 0 radical (unpaired) electrons. The summed E-state index contributed by atoms with van der Waals surface area (Å²) in [7, 11) is 0. The van der Waals surface area contributed by atoms with Gasteiger partial charge in [-0.15, -0.1) is 11.3 Å². The first kappa shape index (κ1) is 9.83. The highest BCUT2D eigenvalue weighted by Crippen LogP contribution is 2.34. The Labute approximate surface area is 95.1 Å². The molecule has 0 aliphatic heterocycles. The van der Waals surface area contributed by atoms with Crippen LogP contribution in [0.3, 0.4) is 0 Å². The molecular formula is C9H7ClN2S2. The molecule has 72 valence electrons. The van der Waals surface area contributed by atoms with E-state index in [1.165, 1.54) is 0 Å². The third kappa shape index (κ3) is 2.20. The Hall–Kier alpha value is -0.710. The van der Waals surface area contributed by atoms with Crippen LogP contribution >= 0.6 is 34.7 Å². The van der Waals surface area contributed by atoms with Gasteiger partial charge in [0, 0.05) is 27.2 Å². The van der Waals surface area contributed by atoms with Crippen LogP contribution in [0.15, 0.2) is 39.0 Å². The number of rotatable bonds is 2. The van der Waals surface area contributed by atoms with E-state index in [1.54, 1.807) is 35.4 Å². The Morgan fingerprint density at radius 3 is 2.93 bits per heavy atom. The van der Waals surface area contributed by atoms with Gasteiger partial charge in [0.05, 0.1) is 0 Å². The number of nitrogens with two attached hydrogens (primary N) is 1. The maximum Gasteiger partial charge on any atom is 0.154 e. The Morgan fingerprint density at radius 2 is 2.29 bits per heavy atom. The molecule has 5 heteroatoms. The summed E-state index contributed by atoms with van der Waals surface area (Å²) in [4.78, 5) is 5.16. The van der Waals surface area contributed by atoms with Crippen molar-refractivity contribution >= 4 is 40.4 Å². The van der Waals surface area contributed by atoms with Crippen LogP contribution in [0.5, 0.6) is 0 Å². The monoisotopic (exact) mass is 242 g/mol. The number of hydrogen-bond acceptors (Lipinski definition) is 4. The van der Waals surface area contributed by atoms with E-state index in [1.807, 2.05) is 17.5 Å². The third-order valence-electron chi connectivity index (χ3n) is 1.58. The second-order valence-corrected chi connectivity index (χ2v) is 5.20. The molecule has 0 saturated heterocycles. The Balaban J connectivity index is 2.25. The summed E-state index contributed by atoms with van der Waals surface area (Å²) < 4.78 is 0.985. The molecule has 2 aromatic rings. The highest BCUT2D eigenvalue weighted by atomic mass is 35.5. The van der Waals surface area contributed by atoms with Gasteiger partial charge in [0.15, 0.2) is 4.34 Å². The van der Waals surface area contributed by atoms with Crippen LogP contribution in [0, 0.1) is 0 Å². The fourth-order valence-corrected chi connectivity index (χ4v) is 2.75. The number of halogens is 1. The average molecular weight is 243 g/mol. The quantitative estimate of drug-likeness (QED) is 0.819. The number of thiazole rings is 1. The zero-order chi connectivity index (χ0) is 9.97. The van der Waals surface area contributed by atoms with Crippen LogP contribution in [0.25, 0.3) is 0 Å². The molecule has 2 nitrogen and oxygen atoms in total. The normalized spacial score (nSPS) is 10.4. The molecule has 0 saturated carbocycles. The molecule has 1 aromatic carbocycles. The van der Waals surface area contributed by atoms with Crippen LogP contribution in [0.4, 0.5) is 5.69 Å². The Bertz CT molecular complexity index is 428. The second kappa shape index (κ2) is 4.21. The van der Waals surface area contributed by atoms with Crippen molar-refractivity contribution in [3.8, 4) is 0 Å². The highest BCUT2D eigenvalue weighted by molar-refractivity contribution is 8.01. The predicted molar refractivity (Wildman–Crippen MR) is 62.1 cm³/mol. The predicted octanol–water partition coefficient (Wildman–Crippen LogP) is 3.53. The SMILES string of the molecule is Nc1cc(Cl)ccc1Sc1nccs1. The number of hydrogen-bond donors (Lipinski definition) is 1. The van der Waals surface area contributed by atoms with Crippen molar-refractivity contribution < 1.29 is 0 Å². The molecule has 0 fully saturated rings. The molecule has 0 amide bonds. The maximum atomic E-state index is 5.81. The van der Waals surface area contributed by atoms with E-state index in [0.29, 0.717) is 10.7 Å². The molecule has 0 unspecified atom stereocenters. The van der Waals surface area contributed by atoms with Crippen molar-refractivity contribution in [2.24, 2.45) is 0 Å². The number of nitrogen functional groups attached to an aromatic ring is 1. The maximum absolute atomic E-state index is 5.81. The molecule has 14 heavy (non-hydrogen) atoms. The van der Waals surface area contributed by atoms with Gasteiger partial charge in [0.1, 0.15) is 0 Å². The summed E-state index contributed by atoms with van der Waals surface area (Å²) in [5.74, 6) is 0. The summed E-state index contributed by atoms with van der Waals surface area (Å²) in [5.41, 5.74) is 6.50. The molecule has 0 aliphatic carbocycles. The summed E-state index contributed by atoms with van der Waals surface area (Å²) in [6.45, 7) is 0. The first-order chi connectivity index (χ1) is 6.75. The standard InChI is InChI=1S/C9H7ClN2S2/c10-6-1-2-8(7(11)5-6)14-9-12-3-4-13-9/h1-5H,11H2. The van der Waals surface area contributed by atoms with Gasteiger partial charge in [0.25, 0.3) is 0 Å². The lowest BCUT2D eigenvalue weighted by Gasteiger charge is -2.02. The molecular weight excluding hydrogens is 236 g/mol. The van der Waals surface area contributed by atoms with Crippen molar-refractivity contribution in [3.63, 3.8) is 0 Å². The van der Waals surface area contributed by atoms with Gasteiger partial charge in [0.2, 0.25) is 0 Å². The lowest BCUT2D eigenvalue weighted by molar-refractivity contribution is 1.25. The Kier molecular flexibility index (Phi) is 2.96. The van der Waals surface area contributed by atoms with Crippen LogP contribution in [-0.2, 0) is 0 Å². The Morgan fingerprint density at radius 1 is 1.43 bits per heavy atom. The van der Waals surface area contributed by atoms with Crippen molar-refractivity contribution in [2.45, 2.75) is 9.24 Å². The van der Waals surface area contributed by atoms with E-state index >= 15 is 0 Å². The first-order valence-corrected chi connectivity index (χ1v) is 5.95. The fourth-order valence-electron chi connectivity index (χ4n) is 0.967. The second-order valence-electron chi connectivity index (χ2n) is 2.58. The summed E-state index contributed by atoms with van der Waals surface area (Å²) >= 11 is 8.94. The first-order valence-electron chi connectivity index (χ1n) is 3.88. The summed E-state index contributed by atoms with van der Waals surface area (Å²) in [6, 6.07) is 5.48. The summed E-state index contributed by atoms with van der Waals surface area (Å²) in [6.07, 6.45) is 1.78. The van der Waals surface area contributed by atoms with E-state index < -0.39 is 0 Å². The van der Waals surface area contributed by atoms with Crippen molar-refractivity contribution in [1.29, 1.82) is 0 Å². The topological polar surface area (TPSA) is 38.9 Å².